The minimum Gasteiger partial charge on any atom is -0.493 e. The summed E-state index contributed by atoms with van der Waals surface area (Å²) in [5.41, 5.74) is 2.27. The minimum atomic E-state index is -0.651. The third kappa shape index (κ3) is 4.92. The van der Waals surface area contributed by atoms with E-state index in [1.165, 1.54) is 23.2 Å². The molecule has 0 saturated heterocycles. The molecule has 0 spiro atoms. The van der Waals surface area contributed by atoms with E-state index in [0.717, 1.165) is 0 Å². The maximum atomic E-state index is 13.6. The molecular weight excluding hydrogens is 536 g/mol. The molecule has 3 aromatic heterocycles. The summed E-state index contributed by atoms with van der Waals surface area (Å²) in [5.74, 6) is 1.11. The van der Waals surface area contributed by atoms with Crippen molar-refractivity contribution in [3.8, 4) is 17.2 Å². The second-order valence-corrected chi connectivity index (χ2v) is 9.63. The SMILES string of the molecule is COc1cc2ncnc(Nc3ccc(NC(=O)c4cc5c(n(-c6ccccc6)c4=O)CCCC5=O)nc3)c2cc1OC. The van der Waals surface area contributed by atoms with Crippen LogP contribution < -0.4 is 25.7 Å². The van der Waals surface area contributed by atoms with E-state index in [4.69, 9.17) is 9.47 Å². The van der Waals surface area contributed by atoms with E-state index in [0.29, 0.717) is 70.1 Å². The number of carbonyl (C=O) groups is 2. The highest BCUT2D eigenvalue weighted by Gasteiger charge is 2.26. The van der Waals surface area contributed by atoms with Crippen LogP contribution in [0.15, 0.2) is 78.0 Å². The van der Waals surface area contributed by atoms with Gasteiger partial charge in [-0.1, -0.05) is 18.2 Å². The summed E-state index contributed by atoms with van der Waals surface area (Å²) in [6.07, 6.45) is 4.57. The van der Waals surface area contributed by atoms with E-state index in [9.17, 15) is 14.4 Å². The molecule has 0 saturated carbocycles. The van der Waals surface area contributed by atoms with Gasteiger partial charge in [-0.3, -0.25) is 19.0 Å². The molecule has 0 bridgehead atoms. The van der Waals surface area contributed by atoms with E-state index in [2.05, 4.69) is 25.6 Å². The average Bonchev–Trinajstić information content (AvgIpc) is 3.01. The number of ether oxygens (including phenoxy) is 2. The van der Waals surface area contributed by atoms with Gasteiger partial charge in [0.1, 0.15) is 23.5 Å². The predicted molar refractivity (Wildman–Crippen MR) is 157 cm³/mol. The van der Waals surface area contributed by atoms with Gasteiger partial charge in [0, 0.05) is 34.8 Å². The second-order valence-electron chi connectivity index (χ2n) is 9.63. The fraction of sp³-hybridized carbons (Fsp3) is 0.161. The van der Waals surface area contributed by atoms with Crippen LogP contribution in [0.2, 0.25) is 0 Å². The summed E-state index contributed by atoms with van der Waals surface area (Å²) >= 11 is 0. The molecular formula is C31H26N6O5. The van der Waals surface area contributed by atoms with Crippen molar-refractivity contribution in [2.75, 3.05) is 24.9 Å². The average molecular weight is 563 g/mol. The highest BCUT2D eigenvalue weighted by Crippen LogP contribution is 2.34. The van der Waals surface area contributed by atoms with Gasteiger partial charge in [0.15, 0.2) is 17.3 Å². The van der Waals surface area contributed by atoms with E-state index < -0.39 is 11.5 Å². The maximum absolute atomic E-state index is 13.6. The number of pyridine rings is 2. The lowest BCUT2D eigenvalue weighted by molar-refractivity contribution is 0.0971. The number of Topliss-reactive ketones (excluding diaryl/α,β-unsaturated/α-hetero) is 1. The third-order valence-corrected chi connectivity index (χ3v) is 7.09. The van der Waals surface area contributed by atoms with Crippen molar-refractivity contribution in [2.45, 2.75) is 19.3 Å². The number of benzene rings is 2. The summed E-state index contributed by atoms with van der Waals surface area (Å²) in [6, 6.07) is 17.3. The second kappa shape index (κ2) is 11.1. The minimum absolute atomic E-state index is 0.0863. The smallest absolute Gasteiger partial charge is 0.268 e. The van der Waals surface area contributed by atoms with Crippen LogP contribution in [0.4, 0.5) is 17.3 Å². The zero-order valence-corrected chi connectivity index (χ0v) is 22.9. The fourth-order valence-corrected chi connectivity index (χ4v) is 5.05. The summed E-state index contributed by atoms with van der Waals surface area (Å²) in [7, 11) is 3.11. The number of nitrogens with zero attached hydrogens (tertiary/aromatic N) is 4. The van der Waals surface area contributed by atoms with E-state index >= 15 is 0 Å². The lowest BCUT2D eigenvalue weighted by atomic mass is 9.92. The Kier molecular flexibility index (Phi) is 7.05. The Balaban J connectivity index is 1.27. The van der Waals surface area contributed by atoms with Gasteiger partial charge >= 0.3 is 0 Å². The number of ketones is 1. The lowest BCUT2D eigenvalue weighted by Gasteiger charge is -2.21. The predicted octanol–water partition coefficient (Wildman–Crippen LogP) is 4.71. The molecule has 2 aromatic carbocycles. The topological polar surface area (TPSA) is 137 Å². The van der Waals surface area contributed by atoms with E-state index in [1.54, 1.807) is 50.6 Å². The molecule has 11 heteroatoms. The molecule has 0 unspecified atom stereocenters. The van der Waals surface area contributed by atoms with Crippen molar-refractivity contribution >= 4 is 39.9 Å². The molecule has 0 radical (unpaired) electrons. The quantitative estimate of drug-likeness (QED) is 0.289. The molecule has 42 heavy (non-hydrogen) atoms. The molecule has 1 aliphatic rings. The normalized spacial score (nSPS) is 12.5. The Morgan fingerprint density at radius 1 is 0.905 bits per heavy atom. The first-order valence-corrected chi connectivity index (χ1v) is 13.3. The Morgan fingerprint density at radius 3 is 2.43 bits per heavy atom. The number of hydrogen-bond donors (Lipinski definition) is 2. The number of fused-ring (bicyclic) bond motifs is 2. The summed E-state index contributed by atoms with van der Waals surface area (Å²) < 4.78 is 12.2. The summed E-state index contributed by atoms with van der Waals surface area (Å²) in [5, 5.41) is 6.61. The number of aromatic nitrogens is 4. The van der Waals surface area contributed by atoms with Gasteiger partial charge in [-0.05, 0) is 49.2 Å². The van der Waals surface area contributed by atoms with Gasteiger partial charge in [0.25, 0.3) is 11.5 Å². The maximum Gasteiger partial charge on any atom is 0.268 e. The number of amides is 1. The van der Waals surface area contributed by atoms with Crippen molar-refractivity contribution in [3.05, 3.63) is 100 Å². The zero-order valence-electron chi connectivity index (χ0n) is 22.9. The Hall–Kier alpha value is -5.58. The number of anilines is 3. The van der Waals surface area contributed by atoms with Gasteiger partial charge in [-0.15, -0.1) is 0 Å². The molecule has 2 N–H and O–H groups in total. The first-order chi connectivity index (χ1) is 20.5. The van der Waals surface area contributed by atoms with Crippen LogP contribution in [-0.2, 0) is 6.42 Å². The Labute approximate surface area is 240 Å². The molecule has 0 fully saturated rings. The molecule has 210 valence electrons. The number of rotatable bonds is 7. The van der Waals surface area contributed by atoms with Crippen molar-refractivity contribution < 1.29 is 19.1 Å². The van der Waals surface area contributed by atoms with Gasteiger partial charge in [-0.25, -0.2) is 15.0 Å². The fourth-order valence-electron chi connectivity index (χ4n) is 5.05. The molecule has 1 amide bonds. The lowest BCUT2D eigenvalue weighted by Crippen LogP contribution is -2.33. The van der Waals surface area contributed by atoms with Crippen LogP contribution in [0, 0.1) is 0 Å². The number of carbonyl (C=O) groups excluding carboxylic acids is 2. The molecule has 5 aromatic rings. The van der Waals surface area contributed by atoms with Crippen LogP contribution in [-0.4, -0.2) is 45.4 Å². The Morgan fingerprint density at radius 2 is 1.69 bits per heavy atom. The molecule has 0 aliphatic heterocycles. The Bertz CT molecular complexity index is 1890. The molecule has 0 atom stereocenters. The van der Waals surface area contributed by atoms with Gasteiger partial charge < -0.3 is 20.1 Å². The molecule has 6 rings (SSSR count). The first kappa shape index (κ1) is 26.6. The van der Waals surface area contributed by atoms with Crippen LogP contribution >= 0.6 is 0 Å². The van der Waals surface area contributed by atoms with E-state index in [-0.39, 0.29) is 17.2 Å². The third-order valence-electron chi connectivity index (χ3n) is 7.09. The number of methoxy groups -OCH3 is 2. The zero-order chi connectivity index (χ0) is 29.2. The van der Waals surface area contributed by atoms with Crippen molar-refractivity contribution in [1.29, 1.82) is 0 Å². The van der Waals surface area contributed by atoms with Crippen molar-refractivity contribution in [1.82, 2.24) is 19.5 Å². The van der Waals surface area contributed by atoms with Gasteiger partial charge in [0.05, 0.1) is 31.6 Å². The van der Waals surface area contributed by atoms with Crippen LogP contribution in [0.25, 0.3) is 16.6 Å². The first-order valence-electron chi connectivity index (χ1n) is 13.3. The molecule has 3 heterocycles. The molecule has 1 aliphatic carbocycles. The highest BCUT2D eigenvalue weighted by atomic mass is 16.5. The van der Waals surface area contributed by atoms with Crippen molar-refractivity contribution in [3.63, 3.8) is 0 Å². The number of hydrogen-bond acceptors (Lipinski definition) is 9. The number of nitrogens with one attached hydrogen (secondary N) is 2. The van der Waals surface area contributed by atoms with Crippen LogP contribution in [0.3, 0.4) is 0 Å². The highest BCUT2D eigenvalue weighted by molar-refractivity contribution is 6.06. The van der Waals surface area contributed by atoms with E-state index in [1.807, 2.05) is 18.2 Å². The monoisotopic (exact) mass is 562 g/mol. The van der Waals surface area contributed by atoms with Crippen LogP contribution in [0.5, 0.6) is 11.5 Å². The molecule has 11 nitrogen and oxygen atoms in total. The van der Waals surface area contributed by atoms with Gasteiger partial charge in [0.2, 0.25) is 0 Å². The summed E-state index contributed by atoms with van der Waals surface area (Å²) in [6.45, 7) is 0. The van der Waals surface area contributed by atoms with Crippen molar-refractivity contribution in [2.24, 2.45) is 0 Å². The largest absolute Gasteiger partial charge is 0.493 e. The van der Waals surface area contributed by atoms with Gasteiger partial charge in [-0.2, -0.15) is 0 Å². The number of para-hydroxylation sites is 1. The standard InChI is InChI=1S/C31H26N6O5/c1-41-26-14-20-23(15-27(26)42-2)33-17-34-29(20)35-18-11-12-28(32-16-18)36-30(39)22-13-21-24(9-6-10-25(21)38)37(31(22)40)19-7-4-3-5-8-19/h3-5,7-8,11-17H,6,9-10H2,1-2H3,(H,32,36,39)(H,33,34,35). The summed E-state index contributed by atoms with van der Waals surface area (Å²) in [4.78, 5) is 52.6. The van der Waals surface area contributed by atoms with Crippen LogP contribution in [0.1, 0.15) is 39.3 Å².